The number of fused-ring (bicyclic) bond motifs is 1. The first kappa shape index (κ1) is 30.4. The summed E-state index contributed by atoms with van der Waals surface area (Å²) in [6.07, 6.45) is -1.88. The molecule has 4 aromatic rings. The third-order valence-corrected chi connectivity index (χ3v) is 6.60. The number of aromatic nitrogens is 4. The molecule has 2 aromatic heterocycles. The van der Waals surface area contributed by atoms with E-state index in [0.29, 0.717) is 23.5 Å². The second kappa shape index (κ2) is 12.9. The van der Waals surface area contributed by atoms with Crippen molar-refractivity contribution in [2.45, 2.75) is 20.0 Å². The summed E-state index contributed by atoms with van der Waals surface area (Å²) in [5, 5.41) is 5.28. The van der Waals surface area contributed by atoms with Gasteiger partial charge >= 0.3 is 6.18 Å². The number of rotatable bonds is 11. The molecule has 2 heterocycles. The van der Waals surface area contributed by atoms with Gasteiger partial charge in [-0.3, -0.25) is 4.79 Å². The summed E-state index contributed by atoms with van der Waals surface area (Å²) >= 11 is 0. The maximum atomic E-state index is 14.8. The molecule has 4 rings (SSSR count). The van der Waals surface area contributed by atoms with Crippen molar-refractivity contribution in [3.8, 4) is 5.75 Å². The third kappa shape index (κ3) is 7.00. The molecule has 0 aliphatic carbocycles. The molecular weight excluding hydrogens is 556 g/mol. The standard InChI is InChI=1S/C28H30F4N8O2/c1-5-40(6-2)12-11-39(3)27-33-15-22-24(38-27)25(35-16-34-22)37-21-13-17(7-9-20(21)29)26(41)36-18-8-10-23(42-4)19(14-18)28(30,31)32/h7-10,13-16H,5-6,11-12H2,1-4H3,(H,36,41)(H,34,35,37). The smallest absolute Gasteiger partial charge is 0.420 e. The van der Waals surface area contributed by atoms with E-state index in [9.17, 15) is 22.4 Å². The Labute approximate surface area is 239 Å². The van der Waals surface area contributed by atoms with Gasteiger partial charge in [0.2, 0.25) is 5.95 Å². The Hall–Kier alpha value is -4.59. The maximum absolute atomic E-state index is 14.8. The molecule has 14 heteroatoms. The summed E-state index contributed by atoms with van der Waals surface area (Å²) in [5.41, 5.74) is -0.494. The summed E-state index contributed by atoms with van der Waals surface area (Å²) < 4.78 is 59.8. The highest BCUT2D eigenvalue weighted by Gasteiger charge is 2.34. The Kier molecular flexibility index (Phi) is 9.35. The van der Waals surface area contributed by atoms with Crippen LogP contribution in [0.25, 0.3) is 11.0 Å². The van der Waals surface area contributed by atoms with Crippen molar-refractivity contribution in [3.63, 3.8) is 0 Å². The van der Waals surface area contributed by atoms with Crippen LogP contribution in [-0.2, 0) is 6.18 Å². The molecule has 0 bridgehead atoms. The molecule has 222 valence electrons. The van der Waals surface area contributed by atoms with E-state index in [1.807, 2.05) is 11.9 Å². The van der Waals surface area contributed by atoms with Gasteiger partial charge in [0.1, 0.15) is 28.9 Å². The highest BCUT2D eigenvalue weighted by Crippen LogP contribution is 2.38. The monoisotopic (exact) mass is 586 g/mol. The number of ether oxygens (including phenoxy) is 1. The van der Waals surface area contributed by atoms with Crippen LogP contribution in [0.4, 0.5) is 40.7 Å². The van der Waals surface area contributed by atoms with E-state index >= 15 is 0 Å². The number of nitrogens with zero attached hydrogens (tertiary/aromatic N) is 6. The van der Waals surface area contributed by atoms with Gasteiger partial charge in [-0.1, -0.05) is 13.8 Å². The minimum Gasteiger partial charge on any atom is -0.496 e. The maximum Gasteiger partial charge on any atom is 0.420 e. The van der Waals surface area contributed by atoms with E-state index in [2.05, 4.69) is 49.3 Å². The number of halogens is 4. The number of likely N-dealkylation sites (N-methyl/N-ethyl adjacent to an activating group) is 2. The molecule has 2 aromatic carbocycles. The van der Waals surface area contributed by atoms with Crippen molar-refractivity contribution in [2.75, 3.05) is 55.9 Å². The number of alkyl halides is 3. The molecule has 0 aliphatic rings. The summed E-state index contributed by atoms with van der Waals surface area (Å²) in [5.74, 6) is -1.20. The van der Waals surface area contributed by atoms with Crippen molar-refractivity contribution in [1.29, 1.82) is 0 Å². The number of nitrogens with one attached hydrogen (secondary N) is 2. The van der Waals surface area contributed by atoms with Crippen LogP contribution in [0, 0.1) is 5.82 Å². The van der Waals surface area contributed by atoms with Crippen molar-refractivity contribution >= 4 is 40.1 Å². The molecule has 0 spiro atoms. The topological polar surface area (TPSA) is 108 Å². The van der Waals surface area contributed by atoms with Gasteiger partial charge in [0.15, 0.2) is 5.82 Å². The molecule has 0 aliphatic heterocycles. The molecule has 2 N–H and O–H groups in total. The van der Waals surface area contributed by atoms with E-state index < -0.39 is 23.5 Å². The second-order valence-electron chi connectivity index (χ2n) is 9.26. The fourth-order valence-corrected chi connectivity index (χ4v) is 4.15. The molecule has 1 amide bonds. The van der Waals surface area contributed by atoms with Crippen LogP contribution in [0.15, 0.2) is 48.9 Å². The number of carbonyl (C=O) groups is 1. The summed E-state index contributed by atoms with van der Waals surface area (Å²) in [4.78, 5) is 34.4. The van der Waals surface area contributed by atoms with Crippen LogP contribution in [0.1, 0.15) is 29.8 Å². The number of carbonyl (C=O) groups excluding carboxylic acids is 1. The van der Waals surface area contributed by atoms with Crippen LogP contribution in [0.5, 0.6) is 5.75 Å². The Balaban J connectivity index is 1.57. The lowest BCUT2D eigenvalue weighted by Crippen LogP contribution is -2.33. The molecule has 0 radical (unpaired) electrons. The number of anilines is 4. The quantitative estimate of drug-likeness (QED) is 0.225. The zero-order valence-electron chi connectivity index (χ0n) is 23.5. The molecule has 42 heavy (non-hydrogen) atoms. The number of hydrogen-bond donors (Lipinski definition) is 2. The Morgan fingerprint density at radius 1 is 1.02 bits per heavy atom. The van der Waals surface area contributed by atoms with Crippen molar-refractivity contribution in [2.24, 2.45) is 0 Å². The molecule has 0 saturated heterocycles. The zero-order chi connectivity index (χ0) is 30.4. The van der Waals surface area contributed by atoms with Gasteiger partial charge in [0, 0.05) is 31.4 Å². The Morgan fingerprint density at radius 2 is 1.79 bits per heavy atom. The van der Waals surface area contributed by atoms with Gasteiger partial charge < -0.3 is 25.2 Å². The van der Waals surface area contributed by atoms with E-state index in [1.54, 1.807) is 6.20 Å². The molecule has 0 unspecified atom stereocenters. The second-order valence-corrected chi connectivity index (χ2v) is 9.26. The van der Waals surface area contributed by atoms with Crippen molar-refractivity contribution < 1.29 is 27.1 Å². The zero-order valence-corrected chi connectivity index (χ0v) is 23.5. The largest absolute Gasteiger partial charge is 0.496 e. The molecular formula is C28H30F4N8O2. The van der Waals surface area contributed by atoms with E-state index in [0.717, 1.165) is 44.9 Å². The molecule has 0 saturated carbocycles. The summed E-state index contributed by atoms with van der Waals surface area (Å²) in [6.45, 7) is 7.51. The van der Waals surface area contributed by atoms with Gasteiger partial charge in [-0.2, -0.15) is 13.2 Å². The van der Waals surface area contributed by atoms with Crippen LogP contribution < -0.4 is 20.3 Å². The third-order valence-electron chi connectivity index (χ3n) is 6.60. The number of hydrogen-bond acceptors (Lipinski definition) is 9. The predicted molar refractivity (Wildman–Crippen MR) is 152 cm³/mol. The normalized spacial score (nSPS) is 11.5. The fraction of sp³-hybridized carbons (Fsp3) is 0.321. The first-order valence-corrected chi connectivity index (χ1v) is 13.1. The number of methoxy groups -OCH3 is 1. The highest BCUT2D eigenvalue weighted by atomic mass is 19.4. The predicted octanol–water partition coefficient (Wildman–Crippen LogP) is 5.36. The van der Waals surface area contributed by atoms with E-state index in [-0.39, 0.29) is 28.5 Å². The van der Waals surface area contributed by atoms with Gasteiger partial charge in [-0.15, -0.1) is 0 Å². The average molecular weight is 587 g/mol. The molecule has 0 fully saturated rings. The van der Waals surface area contributed by atoms with Gasteiger partial charge in [0.05, 0.1) is 24.6 Å². The lowest BCUT2D eigenvalue weighted by atomic mass is 10.1. The van der Waals surface area contributed by atoms with Gasteiger partial charge in [0.25, 0.3) is 5.91 Å². The minimum absolute atomic E-state index is 0.00640. The van der Waals surface area contributed by atoms with Crippen molar-refractivity contribution in [3.05, 3.63) is 65.9 Å². The van der Waals surface area contributed by atoms with Crippen LogP contribution >= 0.6 is 0 Å². The Bertz CT molecular complexity index is 1560. The van der Waals surface area contributed by atoms with Crippen LogP contribution in [0.3, 0.4) is 0 Å². The first-order valence-electron chi connectivity index (χ1n) is 13.1. The van der Waals surface area contributed by atoms with Crippen LogP contribution in [0.2, 0.25) is 0 Å². The SMILES string of the molecule is CCN(CC)CCN(C)c1ncc2ncnc(Nc3cc(C(=O)Nc4ccc(OC)c(C(F)(F)F)c4)ccc3F)c2n1. The highest BCUT2D eigenvalue weighted by molar-refractivity contribution is 6.05. The lowest BCUT2D eigenvalue weighted by molar-refractivity contribution is -0.138. The van der Waals surface area contributed by atoms with E-state index in [1.165, 1.54) is 24.5 Å². The fourth-order valence-electron chi connectivity index (χ4n) is 4.15. The lowest BCUT2D eigenvalue weighted by Gasteiger charge is -2.23. The molecule has 10 nitrogen and oxygen atoms in total. The average Bonchev–Trinajstić information content (AvgIpc) is 2.98. The first-order chi connectivity index (χ1) is 20.0. The van der Waals surface area contributed by atoms with Gasteiger partial charge in [-0.05, 0) is 49.5 Å². The Morgan fingerprint density at radius 3 is 2.48 bits per heavy atom. The number of amides is 1. The number of benzene rings is 2. The van der Waals surface area contributed by atoms with Crippen molar-refractivity contribution in [1.82, 2.24) is 24.8 Å². The van der Waals surface area contributed by atoms with Gasteiger partial charge in [-0.25, -0.2) is 24.3 Å². The summed E-state index contributed by atoms with van der Waals surface area (Å²) in [7, 11) is 2.99. The summed E-state index contributed by atoms with van der Waals surface area (Å²) in [6, 6.07) is 6.66. The minimum atomic E-state index is -4.69. The van der Waals surface area contributed by atoms with E-state index in [4.69, 9.17) is 4.74 Å². The van der Waals surface area contributed by atoms with Crippen LogP contribution in [-0.4, -0.2) is 71.1 Å². The molecule has 0 atom stereocenters.